The largest absolute Gasteiger partial charge is 0.394 e. The molecular weight excluding hydrogens is 396 g/mol. The van der Waals surface area contributed by atoms with Crippen molar-refractivity contribution in [1.82, 2.24) is 10.6 Å². The van der Waals surface area contributed by atoms with E-state index >= 15 is 0 Å². The maximum Gasteiger partial charge on any atom is 0.217 e. The van der Waals surface area contributed by atoms with Crippen LogP contribution in [-0.2, 0) is 23.8 Å². The Kier molecular flexibility index (Phi) is 8.28. The number of hydrogen-bond donors (Lipinski definition) is 8. The van der Waals surface area contributed by atoms with Crippen molar-refractivity contribution < 1.29 is 54.4 Å². The first kappa shape index (κ1) is 23.9. The summed E-state index contributed by atoms with van der Waals surface area (Å²) in [6.45, 7) is 0.959. The minimum Gasteiger partial charge on any atom is -0.394 e. The predicted molar refractivity (Wildman–Crippen MR) is 91.8 cm³/mol. The second-order valence-corrected chi connectivity index (χ2v) is 7.00. The molecule has 13 heteroatoms. The summed E-state index contributed by atoms with van der Waals surface area (Å²) in [7, 11) is 0. The smallest absolute Gasteiger partial charge is 0.217 e. The molecule has 2 amide bonds. The van der Waals surface area contributed by atoms with Crippen molar-refractivity contribution >= 4 is 11.8 Å². The highest BCUT2D eigenvalue weighted by molar-refractivity contribution is 5.73. The van der Waals surface area contributed by atoms with Gasteiger partial charge in [0.1, 0.15) is 48.7 Å². The molecule has 2 aliphatic rings. The van der Waals surface area contributed by atoms with Crippen LogP contribution < -0.4 is 10.6 Å². The highest BCUT2D eigenvalue weighted by Crippen LogP contribution is 2.28. The van der Waals surface area contributed by atoms with E-state index in [9.17, 15) is 40.2 Å². The highest BCUT2D eigenvalue weighted by Gasteiger charge is 2.51. The number of aliphatic hydroxyl groups excluding tert-OH is 6. The summed E-state index contributed by atoms with van der Waals surface area (Å²) in [6, 6.07) is -2.59. The number of aliphatic hydroxyl groups is 6. The highest BCUT2D eigenvalue weighted by atomic mass is 16.7. The lowest BCUT2D eigenvalue weighted by Gasteiger charge is -2.47. The van der Waals surface area contributed by atoms with Crippen LogP contribution in [0, 0.1) is 0 Å². The standard InChI is InChI=1S/C16H28N2O11/c1-5(21)17-9-13(25)11(23)7(3-19)28-16(9)29-14-10(18-6(2)22)15(26)27-8(4-20)12(14)24/h7-16,19-20,23-26H,3-4H2,1-2H3,(H,17,21)(H,18,22)/t7-,8-,9-,10-,11-,12-,13+,14-,15-,16+/m1/s1. The summed E-state index contributed by atoms with van der Waals surface area (Å²) in [4.78, 5) is 23.0. The van der Waals surface area contributed by atoms with Crippen LogP contribution in [0.5, 0.6) is 0 Å². The normalized spacial score (nSPS) is 42.9. The second kappa shape index (κ2) is 10.1. The Balaban J connectivity index is 2.31. The molecule has 2 rings (SSSR count). The van der Waals surface area contributed by atoms with Gasteiger partial charge in [0, 0.05) is 13.8 Å². The van der Waals surface area contributed by atoms with Crippen LogP contribution in [-0.4, -0.2) is 117 Å². The Morgan fingerprint density at radius 2 is 1.34 bits per heavy atom. The molecule has 0 spiro atoms. The molecule has 2 fully saturated rings. The molecule has 8 N–H and O–H groups in total. The van der Waals surface area contributed by atoms with E-state index in [1.54, 1.807) is 0 Å². The molecule has 0 aromatic heterocycles. The number of carbonyl (C=O) groups is 2. The second-order valence-electron chi connectivity index (χ2n) is 7.00. The fraction of sp³-hybridized carbons (Fsp3) is 0.875. The van der Waals surface area contributed by atoms with Gasteiger partial charge in [0.2, 0.25) is 11.8 Å². The maximum absolute atomic E-state index is 11.5. The Morgan fingerprint density at radius 1 is 0.828 bits per heavy atom. The Bertz CT molecular complexity index is 579. The van der Waals surface area contributed by atoms with Gasteiger partial charge in [-0.1, -0.05) is 0 Å². The third kappa shape index (κ3) is 5.39. The molecular formula is C16H28N2O11. The van der Waals surface area contributed by atoms with Crippen LogP contribution in [0.1, 0.15) is 13.8 Å². The molecule has 168 valence electrons. The van der Waals surface area contributed by atoms with Crippen LogP contribution in [0.15, 0.2) is 0 Å². The number of amides is 2. The van der Waals surface area contributed by atoms with Crippen molar-refractivity contribution in [2.45, 2.75) is 75.1 Å². The first-order valence-electron chi connectivity index (χ1n) is 9.05. The fourth-order valence-electron chi connectivity index (χ4n) is 3.38. The molecule has 0 bridgehead atoms. The monoisotopic (exact) mass is 424 g/mol. The number of ether oxygens (including phenoxy) is 3. The van der Waals surface area contributed by atoms with Crippen molar-refractivity contribution in [3.63, 3.8) is 0 Å². The van der Waals surface area contributed by atoms with Gasteiger partial charge < -0.3 is 55.5 Å². The van der Waals surface area contributed by atoms with E-state index in [4.69, 9.17) is 14.2 Å². The summed E-state index contributed by atoms with van der Waals surface area (Å²) in [5, 5.41) is 64.5. The van der Waals surface area contributed by atoms with E-state index in [1.165, 1.54) is 0 Å². The van der Waals surface area contributed by atoms with Gasteiger partial charge in [0.25, 0.3) is 0 Å². The summed E-state index contributed by atoms with van der Waals surface area (Å²) < 4.78 is 16.2. The zero-order valence-electron chi connectivity index (χ0n) is 15.9. The Morgan fingerprint density at radius 3 is 1.86 bits per heavy atom. The van der Waals surface area contributed by atoms with Gasteiger partial charge in [0.15, 0.2) is 12.6 Å². The summed E-state index contributed by atoms with van der Waals surface area (Å²) in [5.41, 5.74) is 0. The fourth-order valence-corrected chi connectivity index (χ4v) is 3.38. The van der Waals surface area contributed by atoms with E-state index in [0.717, 1.165) is 13.8 Å². The van der Waals surface area contributed by atoms with Crippen molar-refractivity contribution in [3.05, 3.63) is 0 Å². The molecule has 0 aliphatic carbocycles. The van der Waals surface area contributed by atoms with Crippen LogP contribution in [0.25, 0.3) is 0 Å². The van der Waals surface area contributed by atoms with Crippen molar-refractivity contribution in [3.8, 4) is 0 Å². The third-order valence-corrected chi connectivity index (χ3v) is 4.78. The SMILES string of the molecule is CC(=O)N[C@@H]1[C@@H](O[C@@H]2O[C@H](CO)[C@@H](O)[C@@H](O)[C@H]2NC(C)=O)[C@H](O)[C@@H](CO)O[C@H]1O. The third-order valence-electron chi connectivity index (χ3n) is 4.78. The molecule has 2 heterocycles. The van der Waals surface area contributed by atoms with Gasteiger partial charge in [-0.25, -0.2) is 0 Å². The topological polar surface area (TPSA) is 207 Å². The molecule has 29 heavy (non-hydrogen) atoms. The van der Waals surface area contributed by atoms with Gasteiger partial charge in [-0.05, 0) is 0 Å². The first-order chi connectivity index (χ1) is 13.6. The van der Waals surface area contributed by atoms with E-state index in [0.29, 0.717) is 0 Å². The zero-order valence-corrected chi connectivity index (χ0v) is 15.9. The number of rotatable bonds is 6. The van der Waals surface area contributed by atoms with Gasteiger partial charge >= 0.3 is 0 Å². The average molecular weight is 424 g/mol. The lowest BCUT2D eigenvalue weighted by molar-refractivity contribution is -0.323. The molecule has 10 atom stereocenters. The summed E-state index contributed by atoms with van der Waals surface area (Å²) >= 11 is 0. The van der Waals surface area contributed by atoms with Crippen molar-refractivity contribution in [2.24, 2.45) is 0 Å². The quantitative estimate of drug-likeness (QED) is 0.202. The van der Waals surface area contributed by atoms with Crippen LogP contribution in [0.4, 0.5) is 0 Å². The van der Waals surface area contributed by atoms with Gasteiger partial charge in [-0.2, -0.15) is 0 Å². The zero-order chi connectivity index (χ0) is 21.9. The minimum absolute atomic E-state index is 0.576. The number of hydrogen-bond acceptors (Lipinski definition) is 11. The first-order valence-corrected chi connectivity index (χ1v) is 9.05. The average Bonchev–Trinajstić information content (AvgIpc) is 2.65. The molecule has 0 radical (unpaired) electrons. The molecule has 13 nitrogen and oxygen atoms in total. The lowest BCUT2D eigenvalue weighted by Crippen LogP contribution is -2.69. The van der Waals surface area contributed by atoms with Crippen LogP contribution in [0.2, 0.25) is 0 Å². The molecule has 2 aliphatic heterocycles. The molecule has 0 saturated carbocycles. The molecule has 0 aromatic carbocycles. The van der Waals surface area contributed by atoms with Crippen molar-refractivity contribution in [2.75, 3.05) is 13.2 Å². The van der Waals surface area contributed by atoms with E-state index < -0.39 is 86.3 Å². The van der Waals surface area contributed by atoms with Gasteiger partial charge in [0.05, 0.1) is 13.2 Å². The predicted octanol–water partition coefficient (Wildman–Crippen LogP) is -5.11. The lowest BCUT2D eigenvalue weighted by atomic mass is 9.94. The van der Waals surface area contributed by atoms with E-state index in [2.05, 4.69) is 10.6 Å². The van der Waals surface area contributed by atoms with Gasteiger partial charge in [-0.15, -0.1) is 0 Å². The Hall–Kier alpha value is -1.42. The number of nitrogens with one attached hydrogen (secondary N) is 2. The van der Waals surface area contributed by atoms with Gasteiger partial charge in [-0.3, -0.25) is 9.59 Å². The van der Waals surface area contributed by atoms with Crippen LogP contribution in [0.3, 0.4) is 0 Å². The minimum atomic E-state index is -1.66. The summed E-state index contributed by atoms with van der Waals surface area (Å²) in [6.07, 6.45) is -11.8. The van der Waals surface area contributed by atoms with Crippen LogP contribution >= 0.6 is 0 Å². The Labute approximate surface area is 166 Å². The summed E-state index contributed by atoms with van der Waals surface area (Å²) in [5.74, 6) is -1.16. The molecule has 2 saturated heterocycles. The molecule has 0 unspecified atom stereocenters. The maximum atomic E-state index is 11.5. The van der Waals surface area contributed by atoms with E-state index in [-0.39, 0.29) is 0 Å². The van der Waals surface area contributed by atoms with Crippen molar-refractivity contribution in [1.29, 1.82) is 0 Å². The van der Waals surface area contributed by atoms with E-state index in [1.807, 2.05) is 0 Å². The molecule has 0 aromatic rings. The number of carbonyl (C=O) groups excluding carboxylic acids is 2.